The van der Waals surface area contributed by atoms with E-state index in [2.05, 4.69) is 35.8 Å². The summed E-state index contributed by atoms with van der Waals surface area (Å²) in [5.41, 5.74) is 2.10. The molecule has 14 heteroatoms. The van der Waals surface area contributed by atoms with E-state index in [0.29, 0.717) is 23.5 Å². The number of carbonyl (C=O) groups excluding carboxylic acids is 1. The lowest BCUT2D eigenvalue weighted by molar-refractivity contribution is 0.0615. The highest BCUT2D eigenvalue weighted by Crippen LogP contribution is 2.33. The third-order valence-electron chi connectivity index (χ3n) is 6.55. The van der Waals surface area contributed by atoms with Crippen LogP contribution in [0.1, 0.15) is 37.4 Å². The zero-order valence-electron chi connectivity index (χ0n) is 21.0. The van der Waals surface area contributed by atoms with Crippen LogP contribution in [0.15, 0.2) is 43.0 Å². The van der Waals surface area contributed by atoms with Crippen molar-refractivity contribution in [3.63, 3.8) is 0 Å². The Balaban J connectivity index is 1.09. The molecule has 6 heterocycles. The molecule has 3 atom stereocenters. The monoisotopic (exact) mass is 524 g/mol. The molecule has 3 N–H and O–H groups in total. The number of anilines is 2. The zero-order chi connectivity index (χ0) is 26.2. The normalized spacial score (nSPS) is 22.2. The molecule has 13 nitrogen and oxygen atoms in total. The lowest BCUT2D eigenvalue weighted by Crippen LogP contribution is -2.47. The average Bonchev–Trinajstić information content (AvgIpc) is 3.64. The van der Waals surface area contributed by atoms with Crippen LogP contribution in [-0.2, 0) is 16.0 Å². The van der Waals surface area contributed by atoms with Gasteiger partial charge in [0.2, 0.25) is 5.95 Å². The zero-order valence-corrected chi connectivity index (χ0v) is 21.0. The first-order chi connectivity index (χ1) is 18.4. The van der Waals surface area contributed by atoms with E-state index < -0.39 is 24.5 Å². The Kier molecular flexibility index (Phi) is 6.41. The minimum absolute atomic E-state index is 0.0441. The average molecular weight is 525 g/mol. The maximum atomic E-state index is 15.0. The minimum atomic E-state index is -1.53. The number of fused-ring (bicyclic) bond motifs is 1. The second-order valence-electron chi connectivity index (χ2n) is 9.84. The molecular weight excluding hydrogens is 495 g/mol. The molecule has 0 aliphatic carbocycles. The number of hydrogen-bond acceptors (Lipinski definition) is 9. The first-order valence-electron chi connectivity index (χ1n) is 12.5. The Bertz CT molecular complexity index is 1400. The summed E-state index contributed by atoms with van der Waals surface area (Å²) in [6.07, 6.45) is 3.26. The molecule has 4 aromatic heterocycles. The van der Waals surface area contributed by atoms with Gasteiger partial charge in [-0.25, -0.2) is 19.2 Å². The van der Waals surface area contributed by atoms with Gasteiger partial charge in [0.05, 0.1) is 24.0 Å². The summed E-state index contributed by atoms with van der Waals surface area (Å²) in [5.74, 6) is 0.964. The lowest BCUT2D eigenvalue weighted by Gasteiger charge is -2.38. The molecule has 2 aliphatic heterocycles. The van der Waals surface area contributed by atoms with Crippen molar-refractivity contribution in [1.82, 2.24) is 44.6 Å². The van der Waals surface area contributed by atoms with E-state index in [1.807, 2.05) is 33.6 Å². The van der Waals surface area contributed by atoms with Gasteiger partial charge >= 0.3 is 6.09 Å². The summed E-state index contributed by atoms with van der Waals surface area (Å²) in [4.78, 5) is 23.3. The number of alkyl halides is 1. The van der Waals surface area contributed by atoms with E-state index in [4.69, 9.17) is 14.5 Å². The van der Waals surface area contributed by atoms with Gasteiger partial charge in [-0.05, 0) is 26.0 Å². The Hall–Kier alpha value is -4.04. The smallest absolute Gasteiger partial charge is 0.407 e. The Morgan fingerprint density at radius 2 is 2.21 bits per heavy atom. The molecule has 0 radical (unpaired) electrons. The number of hydrogen-bond donors (Lipinski definition) is 3. The third-order valence-corrected chi connectivity index (χ3v) is 6.55. The Labute approximate surface area is 217 Å². The summed E-state index contributed by atoms with van der Waals surface area (Å²) in [7, 11) is 0. The van der Waals surface area contributed by atoms with Crippen molar-refractivity contribution in [2.75, 3.05) is 25.0 Å². The maximum absolute atomic E-state index is 15.0. The van der Waals surface area contributed by atoms with Crippen molar-refractivity contribution < 1.29 is 18.7 Å². The van der Waals surface area contributed by atoms with Gasteiger partial charge in [0, 0.05) is 56.5 Å². The van der Waals surface area contributed by atoms with Gasteiger partial charge in [-0.1, -0.05) is 0 Å². The van der Waals surface area contributed by atoms with Crippen molar-refractivity contribution in [3.8, 4) is 0 Å². The highest BCUT2D eigenvalue weighted by molar-refractivity contribution is 5.67. The van der Waals surface area contributed by atoms with Crippen LogP contribution in [0.3, 0.4) is 0 Å². The fourth-order valence-corrected chi connectivity index (χ4v) is 4.71. The number of alkyl carbamates (subject to hydrolysis) is 1. The van der Waals surface area contributed by atoms with Crippen LogP contribution in [0.2, 0.25) is 0 Å². The predicted octanol–water partition coefficient (Wildman–Crippen LogP) is 2.36. The highest BCUT2D eigenvalue weighted by Gasteiger charge is 2.42. The van der Waals surface area contributed by atoms with E-state index >= 15 is 0 Å². The summed E-state index contributed by atoms with van der Waals surface area (Å²) >= 11 is 0. The number of aromatic amines is 1. The second kappa shape index (κ2) is 10.0. The van der Waals surface area contributed by atoms with Crippen molar-refractivity contribution in [2.45, 2.75) is 50.9 Å². The van der Waals surface area contributed by atoms with Gasteiger partial charge in [0.1, 0.15) is 11.8 Å². The molecule has 6 rings (SSSR count). The number of aromatic nitrogens is 7. The number of H-pyrrole nitrogens is 1. The molecule has 0 saturated carbocycles. The highest BCUT2D eigenvalue weighted by atomic mass is 19.1. The SMILES string of the molecule is CC(C)NC(=O)O[C@@H]1CO[C@H](c2cc(Nc3nccc4nc(CN5CC(n6cccn6)C5)cn34)n[nH]2)[C@@H]1F. The summed E-state index contributed by atoms with van der Waals surface area (Å²) in [6.45, 7) is 6.11. The number of nitrogens with one attached hydrogen (secondary N) is 3. The molecular formula is C24H29FN10O3. The lowest BCUT2D eigenvalue weighted by atomic mass is 10.1. The summed E-state index contributed by atoms with van der Waals surface area (Å²) in [6, 6.07) is 5.71. The fourth-order valence-electron chi connectivity index (χ4n) is 4.71. The summed E-state index contributed by atoms with van der Waals surface area (Å²) in [5, 5.41) is 17.1. The van der Waals surface area contributed by atoms with E-state index in [-0.39, 0.29) is 12.6 Å². The molecule has 0 unspecified atom stereocenters. The number of imidazole rings is 1. The number of carbonyl (C=O) groups is 1. The maximum Gasteiger partial charge on any atom is 0.407 e. The van der Waals surface area contributed by atoms with Crippen molar-refractivity contribution >= 4 is 23.5 Å². The Morgan fingerprint density at radius 3 is 3.00 bits per heavy atom. The molecule has 1 amide bonds. The largest absolute Gasteiger partial charge is 0.441 e. The van der Waals surface area contributed by atoms with Crippen LogP contribution in [0.5, 0.6) is 0 Å². The van der Waals surface area contributed by atoms with E-state index in [0.717, 1.165) is 31.0 Å². The van der Waals surface area contributed by atoms with Crippen molar-refractivity contribution in [2.24, 2.45) is 0 Å². The number of amides is 1. The molecule has 2 saturated heterocycles. The van der Waals surface area contributed by atoms with Crippen LogP contribution in [-0.4, -0.2) is 83.4 Å². The van der Waals surface area contributed by atoms with Gasteiger partial charge in [-0.3, -0.25) is 19.1 Å². The standard InChI is InChI=1S/C24H29FN10O3/c1-14(2)28-24(36)38-18-13-37-22(21(18)25)17-8-19(32-31-17)30-23-26-6-4-20-29-15(10-34(20)23)9-33-11-16(12-33)35-7-3-5-27-35/h3-8,10,14,16,18,21-22H,9,11-13H2,1-2H3,(H,28,36)(H2,26,30,31,32)/t18-,21-,22-/m1/s1. The van der Waals surface area contributed by atoms with Gasteiger partial charge in [-0.15, -0.1) is 0 Å². The number of rotatable bonds is 8. The van der Waals surface area contributed by atoms with Crippen LogP contribution in [0, 0.1) is 0 Å². The second-order valence-corrected chi connectivity index (χ2v) is 9.84. The van der Waals surface area contributed by atoms with Gasteiger partial charge in [0.15, 0.2) is 18.1 Å². The number of likely N-dealkylation sites (tertiary alicyclic amines) is 1. The number of halogens is 1. The molecule has 0 spiro atoms. The number of nitrogens with zero attached hydrogens (tertiary/aromatic N) is 7. The topological polar surface area (TPSA) is 140 Å². The fraction of sp³-hybridized carbons (Fsp3) is 0.458. The molecule has 2 aliphatic rings. The van der Waals surface area contributed by atoms with E-state index in [1.165, 1.54) is 0 Å². The molecule has 4 aromatic rings. The van der Waals surface area contributed by atoms with Gasteiger partial charge < -0.3 is 20.1 Å². The van der Waals surface area contributed by atoms with Crippen LogP contribution < -0.4 is 10.6 Å². The minimum Gasteiger partial charge on any atom is -0.441 e. The first-order valence-corrected chi connectivity index (χ1v) is 12.5. The number of ether oxygens (including phenoxy) is 2. The molecule has 0 aromatic carbocycles. The quantitative estimate of drug-likeness (QED) is 0.317. The first kappa shape index (κ1) is 24.3. The van der Waals surface area contributed by atoms with E-state index in [1.54, 1.807) is 32.3 Å². The van der Waals surface area contributed by atoms with Crippen LogP contribution in [0.4, 0.5) is 21.0 Å². The third kappa shape index (κ3) is 4.91. The molecule has 38 heavy (non-hydrogen) atoms. The Morgan fingerprint density at radius 1 is 1.34 bits per heavy atom. The molecule has 200 valence electrons. The van der Waals surface area contributed by atoms with Crippen LogP contribution in [0.25, 0.3) is 5.65 Å². The molecule has 2 fully saturated rings. The summed E-state index contributed by atoms with van der Waals surface area (Å²) < 4.78 is 29.6. The molecule has 0 bridgehead atoms. The van der Waals surface area contributed by atoms with Crippen molar-refractivity contribution in [3.05, 3.63) is 54.4 Å². The van der Waals surface area contributed by atoms with Gasteiger partial charge in [0.25, 0.3) is 0 Å². The van der Waals surface area contributed by atoms with Crippen molar-refractivity contribution in [1.29, 1.82) is 0 Å². The predicted molar refractivity (Wildman–Crippen MR) is 134 cm³/mol. The van der Waals surface area contributed by atoms with Crippen LogP contribution >= 0.6 is 0 Å². The van der Waals surface area contributed by atoms with Gasteiger partial charge in [-0.2, -0.15) is 10.2 Å². The van der Waals surface area contributed by atoms with E-state index in [9.17, 15) is 9.18 Å².